The first-order valence-corrected chi connectivity index (χ1v) is 40.0. The molecule has 4 aliphatic rings. The number of esters is 4. The van der Waals surface area contributed by atoms with Gasteiger partial charge in [-0.25, -0.2) is 0 Å². The maximum Gasteiger partial charge on any atom is 0.306 e. The Bertz CT molecular complexity index is 2120. The van der Waals surface area contributed by atoms with Gasteiger partial charge >= 0.3 is 23.9 Å². The van der Waals surface area contributed by atoms with Crippen molar-refractivity contribution in [2.45, 2.75) is 407 Å². The average Bonchev–Trinajstić information content (AvgIpc) is 1.65. The summed E-state index contributed by atoms with van der Waals surface area (Å²) >= 11 is 0. The number of hydrogen-bond acceptors (Lipinski definition) is 9. The number of ether oxygens (including phenoxy) is 5. The van der Waals surface area contributed by atoms with Gasteiger partial charge in [0.1, 0.15) is 19.3 Å². The highest BCUT2D eigenvalue weighted by Crippen LogP contribution is 2.71. The minimum Gasteiger partial charge on any atom is -0.462 e. The molecule has 0 saturated heterocycles. The summed E-state index contributed by atoms with van der Waals surface area (Å²) in [7, 11) is 0. The first-order valence-electron chi connectivity index (χ1n) is 40.0. The van der Waals surface area contributed by atoms with Gasteiger partial charge in [0.2, 0.25) is 0 Å². The van der Waals surface area contributed by atoms with Crippen molar-refractivity contribution < 1.29 is 42.9 Å². The topological polar surface area (TPSA) is 114 Å². The lowest BCUT2D eigenvalue weighted by Crippen LogP contribution is -2.57. The first kappa shape index (κ1) is 82.0. The molecule has 4 rings (SSSR count). The molecule has 0 aromatic carbocycles. The summed E-state index contributed by atoms with van der Waals surface area (Å²) in [5, 5.41) is 0. The zero-order valence-corrected chi connectivity index (χ0v) is 61.5. The normalized spacial score (nSPS) is 23.5. The second-order valence-electron chi connectivity index (χ2n) is 30.1. The van der Waals surface area contributed by atoms with E-state index >= 15 is 0 Å². The minimum absolute atomic E-state index is 0.0261. The molecule has 0 bridgehead atoms. The fraction of sp³-hybridized carbons (Fsp3) is 0.833. The molecule has 93 heavy (non-hydrogen) atoms. The fourth-order valence-electron chi connectivity index (χ4n) is 16.5. The van der Waals surface area contributed by atoms with Gasteiger partial charge in [-0.05, 0) is 158 Å². The van der Waals surface area contributed by atoms with Crippen LogP contribution in [-0.4, -0.2) is 61.5 Å². The summed E-state index contributed by atoms with van der Waals surface area (Å²) in [6, 6.07) is 0. The van der Waals surface area contributed by atoms with Crippen molar-refractivity contribution in [1.29, 1.82) is 0 Å². The third-order valence-corrected chi connectivity index (χ3v) is 22.3. The Kier molecular flexibility index (Phi) is 44.8. The fourth-order valence-corrected chi connectivity index (χ4v) is 16.5. The highest BCUT2D eigenvalue weighted by atomic mass is 16.6. The minimum atomic E-state index is -0.814. The summed E-state index contributed by atoms with van der Waals surface area (Å²) in [5.74, 6) is 0.333. The van der Waals surface area contributed by atoms with Crippen molar-refractivity contribution >= 4 is 23.9 Å². The molecule has 0 heterocycles. The van der Waals surface area contributed by atoms with Gasteiger partial charge in [0.05, 0.1) is 12.2 Å². The highest BCUT2D eigenvalue weighted by molar-refractivity contribution is 5.71. The SMILES string of the molecule is CCCCC/C=C\C/C=C\CCCCCCCC(=O)OCC(COC(=O)CCCCCCC/C=C\C(/C=C\CCCCC)OC1C=C2CC[C@]3(C)C(CC[C@@]4(C)C3CC[C@@H]4OC(=O)CCCCCC)[C@@]2(C)CC1)OC(=O)CCCCCCCCCCCCCCCCC. The number of carbonyl (C=O) groups is 4. The maximum absolute atomic E-state index is 13.1. The van der Waals surface area contributed by atoms with Crippen molar-refractivity contribution in [2.75, 3.05) is 13.2 Å². The molecule has 9 heteroatoms. The molecule has 0 aromatic heterocycles. The zero-order chi connectivity index (χ0) is 66.9. The second kappa shape index (κ2) is 50.8. The van der Waals surface area contributed by atoms with E-state index in [1.54, 1.807) is 5.57 Å². The monoisotopic (exact) mass is 1300 g/mol. The van der Waals surface area contributed by atoms with Crippen LogP contribution in [0.1, 0.15) is 382 Å². The molecule has 0 amide bonds. The Labute approximate surface area is 572 Å². The standard InChI is InChI=1S/C84H144O9/c1-8-12-16-20-22-24-26-28-30-32-34-36-40-45-51-56-78(85)89-69-74(92-80(87)58-53-47-41-37-35-33-31-29-27-25-23-21-17-13-9-2)70-90-79(86)57-52-46-42-38-39-44-49-55-72(54-48-43-18-14-10-3)91-73-63-66-82(5)71(68-73)62-65-83(6)75-60-61-77(84(75,7)67-64-76(82)83)93-81(88)59-50-19-15-11-4/h22,24,28,30,48-49,54-55,68,72-77H,8-21,23,25-27,29,31-47,50-53,56-67,69-70H2,1-7H3/b24-22-,30-28-,54-48-,55-49-/t72?,73?,74?,75?,76?,77-,82-,83-,84-/m0/s1. The van der Waals surface area contributed by atoms with Gasteiger partial charge in [-0.1, -0.05) is 282 Å². The van der Waals surface area contributed by atoms with Crippen molar-refractivity contribution in [2.24, 2.45) is 28.1 Å². The molecule has 0 spiro atoms. The Hall–Kier alpha value is -3.46. The summed E-state index contributed by atoms with van der Waals surface area (Å²) in [6.07, 6.45) is 77.2. The molecule has 0 radical (unpaired) electrons. The average molecular weight is 1300 g/mol. The number of unbranched alkanes of at least 4 members (excludes halogenated alkanes) is 33. The van der Waals surface area contributed by atoms with Crippen LogP contribution in [0.2, 0.25) is 0 Å². The number of carbonyl (C=O) groups excluding carboxylic acids is 4. The Morgan fingerprint density at radius 3 is 1.35 bits per heavy atom. The predicted molar refractivity (Wildman–Crippen MR) is 389 cm³/mol. The van der Waals surface area contributed by atoms with Crippen molar-refractivity contribution in [3.8, 4) is 0 Å². The van der Waals surface area contributed by atoms with Crippen LogP contribution < -0.4 is 0 Å². The van der Waals surface area contributed by atoms with Crippen LogP contribution in [0, 0.1) is 28.1 Å². The van der Waals surface area contributed by atoms with Crippen molar-refractivity contribution in [1.82, 2.24) is 0 Å². The number of fused-ring (bicyclic) bond motifs is 5. The summed E-state index contributed by atoms with van der Waals surface area (Å²) in [5.41, 5.74) is 2.14. The highest BCUT2D eigenvalue weighted by Gasteiger charge is 2.65. The molecule has 0 N–H and O–H groups in total. The smallest absolute Gasteiger partial charge is 0.306 e. The van der Waals surface area contributed by atoms with Gasteiger partial charge in [-0.2, -0.15) is 0 Å². The third-order valence-electron chi connectivity index (χ3n) is 22.3. The third kappa shape index (κ3) is 33.6. The molecule has 0 aromatic rings. The quantitative estimate of drug-likeness (QED) is 0.0254. The Morgan fingerprint density at radius 2 is 0.849 bits per heavy atom. The second-order valence-corrected chi connectivity index (χ2v) is 30.1. The van der Waals surface area contributed by atoms with Crippen LogP contribution in [0.25, 0.3) is 0 Å². The van der Waals surface area contributed by atoms with Crippen LogP contribution >= 0.6 is 0 Å². The number of rotatable bonds is 57. The van der Waals surface area contributed by atoms with E-state index in [4.69, 9.17) is 23.7 Å². The molecule has 3 saturated carbocycles. The van der Waals surface area contributed by atoms with E-state index < -0.39 is 6.10 Å². The molecule has 5 unspecified atom stereocenters. The van der Waals surface area contributed by atoms with Crippen LogP contribution in [-0.2, 0) is 42.9 Å². The van der Waals surface area contributed by atoms with E-state index in [0.29, 0.717) is 37.5 Å². The molecule has 3 fully saturated rings. The van der Waals surface area contributed by atoms with E-state index in [0.717, 1.165) is 148 Å². The lowest BCUT2D eigenvalue weighted by Gasteiger charge is -2.63. The Morgan fingerprint density at radius 1 is 0.430 bits per heavy atom. The number of hydrogen-bond donors (Lipinski definition) is 0. The predicted octanol–water partition coefficient (Wildman–Crippen LogP) is 24.5. The zero-order valence-electron chi connectivity index (χ0n) is 61.5. The molecular weight excluding hydrogens is 1150 g/mol. The molecule has 9 nitrogen and oxygen atoms in total. The van der Waals surface area contributed by atoms with E-state index in [-0.39, 0.29) is 71.6 Å². The van der Waals surface area contributed by atoms with Gasteiger partial charge < -0.3 is 23.7 Å². The largest absolute Gasteiger partial charge is 0.462 e. The van der Waals surface area contributed by atoms with Gasteiger partial charge in [0.15, 0.2) is 6.10 Å². The summed E-state index contributed by atoms with van der Waals surface area (Å²) < 4.78 is 30.5. The van der Waals surface area contributed by atoms with Gasteiger partial charge in [0, 0.05) is 31.1 Å². The van der Waals surface area contributed by atoms with Crippen LogP contribution in [0.3, 0.4) is 0 Å². The lowest BCUT2D eigenvalue weighted by molar-refractivity contribution is -0.168. The van der Waals surface area contributed by atoms with Gasteiger partial charge in [-0.3, -0.25) is 19.2 Å². The van der Waals surface area contributed by atoms with E-state index in [2.05, 4.69) is 103 Å². The molecule has 534 valence electrons. The molecule has 4 aliphatic carbocycles. The van der Waals surface area contributed by atoms with Crippen molar-refractivity contribution in [3.05, 3.63) is 60.3 Å². The van der Waals surface area contributed by atoms with Crippen LogP contribution in [0.5, 0.6) is 0 Å². The Balaban J connectivity index is 1.16. The van der Waals surface area contributed by atoms with E-state index in [9.17, 15) is 19.2 Å². The lowest BCUT2D eigenvalue weighted by atomic mass is 9.41. The van der Waals surface area contributed by atoms with Gasteiger partial charge in [0.25, 0.3) is 0 Å². The number of allylic oxidation sites excluding steroid dienone is 7. The van der Waals surface area contributed by atoms with Crippen LogP contribution in [0.15, 0.2) is 60.3 Å². The summed E-state index contributed by atoms with van der Waals surface area (Å²) in [6.45, 7) is 16.4. The van der Waals surface area contributed by atoms with E-state index in [1.807, 2.05) is 0 Å². The first-order chi connectivity index (χ1) is 45.3. The van der Waals surface area contributed by atoms with E-state index in [1.165, 1.54) is 161 Å². The van der Waals surface area contributed by atoms with Crippen LogP contribution in [0.4, 0.5) is 0 Å². The molecule has 9 atom stereocenters. The van der Waals surface area contributed by atoms with Gasteiger partial charge in [-0.15, -0.1) is 0 Å². The van der Waals surface area contributed by atoms with Crippen molar-refractivity contribution in [3.63, 3.8) is 0 Å². The molecular formula is C84H144O9. The summed E-state index contributed by atoms with van der Waals surface area (Å²) in [4.78, 5) is 52.0. The maximum atomic E-state index is 13.1. The molecule has 0 aliphatic heterocycles.